The highest BCUT2D eigenvalue weighted by Gasteiger charge is 2.31. The number of benzene rings is 1. The summed E-state index contributed by atoms with van der Waals surface area (Å²) in [5.74, 6) is 0.804. The van der Waals surface area contributed by atoms with Gasteiger partial charge in [-0.1, -0.05) is 17.7 Å². The Hall–Kier alpha value is -0.730. The molecule has 1 saturated carbocycles. The van der Waals surface area contributed by atoms with E-state index in [1.165, 1.54) is 12.8 Å². The Morgan fingerprint density at radius 1 is 1.50 bits per heavy atom. The van der Waals surface area contributed by atoms with E-state index in [2.05, 4.69) is 0 Å². The molecule has 14 heavy (non-hydrogen) atoms. The third kappa shape index (κ3) is 1.60. The lowest BCUT2D eigenvalue weighted by molar-refractivity contribution is 0.452. The van der Waals surface area contributed by atoms with Crippen LogP contribution in [0.5, 0.6) is 5.75 Å². The molecule has 1 fully saturated rings. The molecule has 1 aromatic rings. The van der Waals surface area contributed by atoms with Crippen molar-refractivity contribution in [3.05, 3.63) is 28.3 Å². The maximum atomic E-state index is 9.86. The number of hydrogen-bond acceptors (Lipinski definition) is 2. The van der Waals surface area contributed by atoms with Crippen LogP contribution in [0.25, 0.3) is 0 Å². The van der Waals surface area contributed by atoms with Crippen molar-refractivity contribution in [3.8, 4) is 5.75 Å². The summed E-state index contributed by atoms with van der Waals surface area (Å²) in [5.41, 5.74) is 7.57. The molecule has 1 aliphatic carbocycles. The van der Waals surface area contributed by atoms with Gasteiger partial charge >= 0.3 is 0 Å². The second-order valence-electron chi connectivity index (χ2n) is 3.97. The van der Waals surface area contributed by atoms with Crippen molar-refractivity contribution in [2.75, 3.05) is 0 Å². The highest BCUT2D eigenvalue weighted by atomic mass is 35.5. The predicted molar refractivity (Wildman–Crippen MR) is 57.5 cm³/mol. The van der Waals surface area contributed by atoms with Crippen LogP contribution in [-0.2, 0) is 0 Å². The smallest absolute Gasteiger partial charge is 0.124 e. The molecule has 3 N–H and O–H groups in total. The number of halogens is 1. The van der Waals surface area contributed by atoms with Gasteiger partial charge in [0.25, 0.3) is 0 Å². The molecule has 3 heteroatoms. The zero-order valence-electron chi connectivity index (χ0n) is 8.13. The molecule has 76 valence electrons. The highest BCUT2D eigenvalue weighted by Crippen LogP contribution is 2.43. The SMILES string of the molecule is Cc1c(Cl)ccc([C@@H](N)C2CC2)c1O. The van der Waals surface area contributed by atoms with Crippen LogP contribution in [-0.4, -0.2) is 5.11 Å². The number of nitrogens with two attached hydrogens (primary N) is 1. The van der Waals surface area contributed by atoms with Gasteiger partial charge in [0.15, 0.2) is 0 Å². The molecule has 0 heterocycles. The molecular weight excluding hydrogens is 198 g/mol. The Morgan fingerprint density at radius 2 is 2.14 bits per heavy atom. The second kappa shape index (κ2) is 3.44. The van der Waals surface area contributed by atoms with Gasteiger partial charge in [0.2, 0.25) is 0 Å². The molecule has 0 aliphatic heterocycles. The van der Waals surface area contributed by atoms with Crippen molar-refractivity contribution in [1.82, 2.24) is 0 Å². The molecule has 1 atom stereocenters. The maximum absolute atomic E-state index is 9.86. The lowest BCUT2D eigenvalue weighted by Crippen LogP contribution is -2.12. The normalized spacial score (nSPS) is 18.2. The van der Waals surface area contributed by atoms with Gasteiger partial charge < -0.3 is 10.8 Å². The first-order valence-electron chi connectivity index (χ1n) is 4.85. The third-order valence-corrected chi connectivity index (χ3v) is 3.29. The van der Waals surface area contributed by atoms with Gasteiger partial charge in [0, 0.05) is 22.2 Å². The van der Waals surface area contributed by atoms with Crippen LogP contribution in [0.2, 0.25) is 5.02 Å². The summed E-state index contributed by atoms with van der Waals surface area (Å²) in [5, 5.41) is 10.5. The zero-order chi connectivity index (χ0) is 10.3. The number of phenols is 1. The summed E-state index contributed by atoms with van der Waals surface area (Å²) < 4.78 is 0. The molecule has 0 aromatic heterocycles. The lowest BCUT2D eigenvalue weighted by Gasteiger charge is -2.14. The van der Waals surface area contributed by atoms with Gasteiger partial charge in [-0.05, 0) is 31.7 Å². The monoisotopic (exact) mass is 211 g/mol. The fraction of sp³-hybridized carbons (Fsp3) is 0.455. The number of phenolic OH excluding ortho intramolecular Hbond substituents is 1. The average molecular weight is 212 g/mol. The summed E-state index contributed by atoms with van der Waals surface area (Å²) in [4.78, 5) is 0. The molecule has 0 spiro atoms. The first-order valence-corrected chi connectivity index (χ1v) is 5.22. The molecule has 0 unspecified atom stereocenters. The van der Waals surface area contributed by atoms with Crippen LogP contribution in [0, 0.1) is 12.8 Å². The van der Waals surface area contributed by atoms with E-state index in [0.717, 1.165) is 11.1 Å². The minimum Gasteiger partial charge on any atom is -0.507 e. The first-order chi connectivity index (χ1) is 6.61. The minimum absolute atomic E-state index is 0.0361. The molecule has 0 saturated heterocycles. The molecule has 1 aromatic carbocycles. The van der Waals surface area contributed by atoms with E-state index < -0.39 is 0 Å². The summed E-state index contributed by atoms with van der Waals surface area (Å²) in [6, 6.07) is 3.59. The molecule has 2 nitrogen and oxygen atoms in total. The van der Waals surface area contributed by atoms with Crippen LogP contribution >= 0.6 is 11.6 Å². The summed E-state index contributed by atoms with van der Waals surface area (Å²) in [6.07, 6.45) is 2.34. The van der Waals surface area contributed by atoms with Gasteiger partial charge in [-0.15, -0.1) is 0 Å². The maximum Gasteiger partial charge on any atom is 0.124 e. The van der Waals surface area contributed by atoms with Crippen molar-refractivity contribution < 1.29 is 5.11 Å². The fourth-order valence-corrected chi connectivity index (χ4v) is 1.83. The standard InChI is InChI=1S/C11H14ClNO/c1-6-9(12)5-4-8(11(6)14)10(13)7-2-3-7/h4-5,7,10,14H,2-3,13H2,1H3/t10-/m0/s1. The molecular formula is C11H14ClNO. The molecule has 2 rings (SSSR count). The second-order valence-corrected chi connectivity index (χ2v) is 4.38. The van der Waals surface area contributed by atoms with E-state index in [0.29, 0.717) is 10.9 Å². The van der Waals surface area contributed by atoms with E-state index in [-0.39, 0.29) is 11.8 Å². The molecule has 0 radical (unpaired) electrons. The Labute approximate surface area is 88.7 Å². The Bertz CT molecular complexity index is 361. The third-order valence-electron chi connectivity index (χ3n) is 2.89. The largest absolute Gasteiger partial charge is 0.507 e. The number of rotatable bonds is 2. The van der Waals surface area contributed by atoms with Gasteiger partial charge in [-0.25, -0.2) is 0 Å². The summed E-state index contributed by atoms with van der Waals surface area (Å²) in [6.45, 7) is 1.81. The molecule has 1 aliphatic rings. The van der Waals surface area contributed by atoms with E-state index in [1.807, 2.05) is 6.07 Å². The Morgan fingerprint density at radius 3 is 2.71 bits per heavy atom. The van der Waals surface area contributed by atoms with Gasteiger partial charge in [0.1, 0.15) is 5.75 Å². The quantitative estimate of drug-likeness (QED) is 0.790. The first kappa shape index (κ1) is 9.81. The number of hydrogen-bond donors (Lipinski definition) is 2. The van der Waals surface area contributed by atoms with Crippen LogP contribution < -0.4 is 5.73 Å². The van der Waals surface area contributed by atoms with Crippen molar-refractivity contribution in [2.24, 2.45) is 11.7 Å². The molecule has 0 bridgehead atoms. The van der Waals surface area contributed by atoms with Crippen LogP contribution in [0.4, 0.5) is 0 Å². The Kier molecular flexibility index (Phi) is 2.41. The van der Waals surface area contributed by atoms with Crippen molar-refractivity contribution in [1.29, 1.82) is 0 Å². The number of aromatic hydroxyl groups is 1. The van der Waals surface area contributed by atoms with Crippen LogP contribution in [0.1, 0.15) is 30.0 Å². The van der Waals surface area contributed by atoms with Crippen molar-refractivity contribution in [2.45, 2.75) is 25.8 Å². The topological polar surface area (TPSA) is 46.2 Å². The molecule has 0 amide bonds. The van der Waals surface area contributed by atoms with Crippen LogP contribution in [0.3, 0.4) is 0 Å². The minimum atomic E-state index is -0.0361. The highest BCUT2D eigenvalue weighted by molar-refractivity contribution is 6.31. The van der Waals surface area contributed by atoms with Crippen molar-refractivity contribution >= 4 is 11.6 Å². The van der Waals surface area contributed by atoms with E-state index in [4.69, 9.17) is 17.3 Å². The predicted octanol–water partition coefficient (Wildman–Crippen LogP) is 2.76. The van der Waals surface area contributed by atoms with Crippen molar-refractivity contribution in [3.63, 3.8) is 0 Å². The lowest BCUT2D eigenvalue weighted by atomic mass is 10.00. The van der Waals surface area contributed by atoms with E-state index in [9.17, 15) is 5.11 Å². The average Bonchev–Trinajstić information content (AvgIpc) is 2.97. The fourth-order valence-electron chi connectivity index (χ4n) is 1.67. The van der Waals surface area contributed by atoms with Gasteiger partial charge in [0.05, 0.1) is 0 Å². The zero-order valence-corrected chi connectivity index (χ0v) is 8.88. The van der Waals surface area contributed by atoms with E-state index >= 15 is 0 Å². The van der Waals surface area contributed by atoms with Gasteiger partial charge in [-0.2, -0.15) is 0 Å². The van der Waals surface area contributed by atoms with E-state index in [1.54, 1.807) is 13.0 Å². The van der Waals surface area contributed by atoms with Crippen LogP contribution in [0.15, 0.2) is 12.1 Å². The Balaban J connectivity index is 2.38. The summed E-state index contributed by atoms with van der Waals surface area (Å²) in [7, 11) is 0. The summed E-state index contributed by atoms with van der Waals surface area (Å²) >= 11 is 5.88. The van der Waals surface area contributed by atoms with Gasteiger partial charge in [-0.3, -0.25) is 0 Å².